The van der Waals surface area contributed by atoms with E-state index in [2.05, 4.69) is 42.2 Å². The van der Waals surface area contributed by atoms with Gasteiger partial charge in [0.2, 0.25) is 0 Å². The third kappa shape index (κ3) is 5.56. The van der Waals surface area contributed by atoms with E-state index in [0.717, 1.165) is 30.2 Å². The van der Waals surface area contributed by atoms with Crippen molar-refractivity contribution in [3.05, 3.63) is 29.3 Å². The molecule has 0 atom stereocenters. The lowest BCUT2D eigenvalue weighted by Gasteiger charge is -2.16. The molecule has 4 heteroatoms. The summed E-state index contributed by atoms with van der Waals surface area (Å²) in [5.74, 6) is 7.88. The summed E-state index contributed by atoms with van der Waals surface area (Å²) in [7, 11) is 3.79. The van der Waals surface area contributed by atoms with Crippen molar-refractivity contribution in [1.82, 2.24) is 4.90 Å². The molecule has 2 N–H and O–H groups in total. The minimum Gasteiger partial charge on any atom is -0.495 e. The summed E-state index contributed by atoms with van der Waals surface area (Å²) < 4.78 is 5.31. The summed E-state index contributed by atoms with van der Waals surface area (Å²) >= 11 is 1.86. The number of rotatable bonds is 6. The van der Waals surface area contributed by atoms with Gasteiger partial charge in [-0.15, -0.1) is 0 Å². The summed E-state index contributed by atoms with van der Waals surface area (Å²) in [5, 5.41) is 0. The molecule has 1 aromatic carbocycles. The number of thioether (sulfide) groups is 1. The van der Waals surface area contributed by atoms with Gasteiger partial charge in [-0.1, -0.05) is 17.9 Å². The summed E-state index contributed by atoms with van der Waals surface area (Å²) in [4.78, 5) is 2.30. The summed E-state index contributed by atoms with van der Waals surface area (Å²) in [5.41, 5.74) is 7.56. The van der Waals surface area contributed by atoms with Gasteiger partial charge in [-0.3, -0.25) is 0 Å². The summed E-state index contributed by atoms with van der Waals surface area (Å²) in [6.45, 7) is 2.36. The molecule has 1 aromatic rings. The minimum absolute atomic E-state index is 0.362. The highest BCUT2D eigenvalue weighted by molar-refractivity contribution is 7.98. The van der Waals surface area contributed by atoms with Crippen molar-refractivity contribution in [2.75, 3.05) is 39.3 Å². The van der Waals surface area contributed by atoms with E-state index in [1.807, 2.05) is 17.8 Å². The fraction of sp³-hybridized carbons (Fsp3) is 0.467. The fourth-order valence-corrected chi connectivity index (χ4v) is 2.23. The molecule has 0 radical (unpaired) electrons. The Bertz CT molecular complexity index is 451. The Morgan fingerprint density at radius 3 is 2.84 bits per heavy atom. The molecule has 0 saturated heterocycles. The van der Waals surface area contributed by atoms with Crippen LogP contribution in [0.5, 0.6) is 5.75 Å². The largest absolute Gasteiger partial charge is 0.495 e. The highest BCUT2D eigenvalue weighted by atomic mass is 32.2. The van der Waals surface area contributed by atoms with Crippen molar-refractivity contribution in [1.29, 1.82) is 0 Å². The first-order chi connectivity index (χ1) is 9.21. The zero-order chi connectivity index (χ0) is 14.1. The second kappa shape index (κ2) is 8.87. The van der Waals surface area contributed by atoms with Gasteiger partial charge in [0.05, 0.1) is 19.2 Å². The Balaban J connectivity index is 2.80. The molecule has 0 saturated carbocycles. The van der Waals surface area contributed by atoms with Gasteiger partial charge in [0.25, 0.3) is 0 Å². The van der Waals surface area contributed by atoms with Gasteiger partial charge in [0.1, 0.15) is 5.75 Å². The molecule has 1 rings (SSSR count). The predicted molar refractivity (Wildman–Crippen MR) is 83.6 cm³/mol. The van der Waals surface area contributed by atoms with Crippen LogP contribution in [0, 0.1) is 11.8 Å². The van der Waals surface area contributed by atoms with E-state index >= 15 is 0 Å². The topological polar surface area (TPSA) is 38.5 Å². The maximum absolute atomic E-state index is 5.42. The minimum atomic E-state index is 0.362. The smallest absolute Gasteiger partial charge is 0.134 e. The lowest BCUT2D eigenvalue weighted by atomic mass is 10.1. The Labute approximate surface area is 120 Å². The normalized spacial score (nSPS) is 10.2. The number of nitrogens with two attached hydrogens (primary N) is 1. The van der Waals surface area contributed by atoms with E-state index in [1.165, 1.54) is 5.56 Å². The van der Waals surface area contributed by atoms with Crippen LogP contribution in [0.3, 0.4) is 0 Å². The van der Waals surface area contributed by atoms with Crippen molar-refractivity contribution < 1.29 is 4.74 Å². The molecule has 0 aliphatic heterocycles. The molecule has 0 aliphatic rings. The average molecular weight is 278 g/mol. The summed E-state index contributed by atoms with van der Waals surface area (Å²) in [6, 6.07) is 6.14. The van der Waals surface area contributed by atoms with E-state index < -0.39 is 0 Å². The first kappa shape index (κ1) is 15.9. The molecular weight excluding hydrogens is 256 g/mol. The van der Waals surface area contributed by atoms with Crippen LogP contribution in [0.1, 0.15) is 11.1 Å². The van der Waals surface area contributed by atoms with Gasteiger partial charge < -0.3 is 15.4 Å². The number of benzene rings is 1. The van der Waals surface area contributed by atoms with Gasteiger partial charge in [-0.05, 0) is 31.0 Å². The van der Waals surface area contributed by atoms with Crippen molar-refractivity contribution in [3.8, 4) is 17.6 Å². The molecule has 0 fully saturated rings. The molecule has 0 spiro atoms. The Morgan fingerprint density at radius 1 is 1.42 bits per heavy atom. The Kier molecular flexibility index (Phi) is 7.42. The van der Waals surface area contributed by atoms with Gasteiger partial charge in [-0.2, -0.15) is 11.8 Å². The molecule has 0 heterocycles. The fourth-order valence-electron chi connectivity index (χ4n) is 1.74. The van der Waals surface area contributed by atoms with Crippen LogP contribution in [0.15, 0.2) is 18.2 Å². The van der Waals surface area contributed by atoms with Crippen LogP contribution >= 0.6 is 11.8 Å². The quantitative estimate of drug-likeness (QED) is 0.805. The second-order valence-electron chi connectivity index (χ2n) is 4.27. The molecule has 104 valence electrons. The maximum Gasteiger partial charge on any atom is 0.134 e. The highest BCUT2D eigenvalue weighted by Crippen LogP contribution is 2.19. The van der Waals surface area contributed by atoms with Crippen LogP contribution in [0.4, 0.5) is 0 Å². The van der Waals surface area contributed by atoms with E-state index in [1.54, 1.807) is 7.11 Å². The van der Waals surface area contributed by atoms with Crippen LogP contribution in [0.2, 0.25) is 0 Å². The Morgan fingerprint density at radius 2 is 2.21 bits per heavy atom. The van der Waals surface area contributed by atoms with Crippen molar-refractivity contribution >= 4 is 11.8 Å². The van der Waals surface area contributed by atoms with E-state index in [9.17, 15) is 0 Å². The second-order valence-corrected chi connectivity index (χ2v) is 5.26. The lowest BCUT2D eigenvalue weighted by molar-refractivity contribution is 0.348. The van der Waals surface area contributed by atoms with Crippen LogP contribution in [-0.4, -0.2) is 44.2 Å². The highest BCUT2D eigenvalue weighted by Gasteiger charge is 2.04. The lowest BCUT2D eigenvalue weighted by Crippen LogP contribution is -2.20. The number of hydrogen-bond acceptors (Lipinski definition) is 4. The number of methoxy groups -OCH3 is 1. The number of nitrogens with zero attached hydrogens (tertiary/aromatic N) is 1. The monoisotopic (exact) mass is 278 g/mol. The third-order valence-electron chi connectivity index (χ3n) is 2.72. The summed E-state index contributed by atoms with van der Waals surface area (Å²) in [6.07, 6.45) is 2.13. The molecule has 0 bridgehead atoms. The third-order valence-corrected chi connectivity index (χ3v) is 3.31. The Hall–Kier alpha value is -1.15. The SMILES string of the molecule is COc1ccc(CN(C)CCSC)cc1C#CCN. The zero-order valence-corrected chi connectivity index (χ0v) is 12.7. The first-order valence-electron chi connectivity index (χ1n) is 6.24. The average Bonchev–Trinajstić information content (AvgIpc) is 2.43. The van der Waals surface area contributed by atoms with E-state index in [4.69, 9.17) is 10.5 Å². The van der Waals surface area contributed by atoms with E-state index in [-0.39, 0.29) is 0 Å². The molecular formula is C15H22N2OS. The van der Waals surface area contributed by atoms with Gasteiger partial charge >= 0.3 is 0 Å². The molecule has 0 aromatic heterocycles. The van der Waals surface area contributed by atoms with Crippen LogP contribution < -0.4 is 10.5 Å². The first-order valence-corrected chi connectivity index (χ1v) is 7.64. The predicted octanol–water partition coefficient (Wildman–Crippen LogP) is 1.80. The molecule has 0 aliphatic carbocycles. The van der Waals surface area contributed by atoms with Gasteiger partial charge in [-0.25, -0.2) is 0 Å². The van der Waals surface area contributed by atoms with Crippen molar-refractivity contribution in [2.45, 2.75) is 6.54 Å². The number of ether oxygens (including phenoxy) is 1. The zero-order valence-electron chi connectivity index (χ0n) is 11.9. The van der Waals surface area contributed by atoms with Crippen molar-refractivity contribution in [2.24, 2.45) is 5.73 Å². The standard InChI is InChI=1S/C15H22N2OS/c1-17(9-10-19-3)12-13-6-7-15(18-2)14(11-13)5-4-8-16/h6-7,11H,8-10,12,16H2,1-3H3. The van der Waals surface area contributed by atoms with E-state index in [0.29, 0.717) is 6.54 Å². The van der Waals surface area contributed by atoms with Crippen LogP contribution in [-0.2, 0) is 6.54 Å². The van der Waals surface area contributed by atoms with Crippen molar-refractivity contribution in [3.63, 3.8) is 0 Å². The molecule has 0 amide bonds. The number of hydrogen-bond donors (Lipinski definition) is 1. The van der Waals surface area contributed by atoms with Crippen LogP contribution in [0.25, 0.3) is 0 Å². The maximum atomic E-state index is 5.42. The molecule has 3 nitrogen and oxygen atoms in total. The van der Waals surface area contributed by atoms with Gasteiger partial charge in [0, 0.05) is 18.8 Å². The molecule has 19 heavy (non-hydrogen) atoms. The van der Waals surface area contributed by atoms with Gasteiger partial charge in [0.15, 0.2) is 0 Å². The molecule has 0 unspecified atom stereocenters.